The average Bonchev–Trinajstić information content (AvgIpc) is 2.62. The zero-order valence-electron chi connectivity index (χ0n) is 12.3. The minimum absolute atomic E-state index is 0. The molecule has 0 saturated carbocycles. The van der Waals surface area contributed by atoms with Crippen molar-refractivity contribution in [1.29, 1.82) is 0 Å². The molecular weight excluding hydrogens is 353 g/mol. The Bertz CT molecular complexity index is 752. The van der Waals surface area contributed by atoms with Crippen LogP contribution in [0.25, 0.3) is 0 Å². The van der Waals surface area contributed by atoms with E-state index in [1.165, 1.54) is 0 Å². The molecule has 0 aromatic heterocycles. The first kappa shape index (κ1) is 21.0. The fourth-order valence-electron chi connectivity index (χ4n) is 3.26. The summed E-state index contributed by atoms with van der Waals surface area (Å²) in [6.45, 7) is 1.89. The van der Waals surface area contributed by atoms with Crippen LogP contribution in [0.4, 0.5) is 0 Å². The van der Waals surface area contributed by atoms with Gasteiger partial charge in [0.25, 0.3) is 20.2 Å². The molecular formula is C13H21NNaO6S2+. The van der Waals surface area contributed by atoms with Crippen molar-refractivity contribution < 1.29 is 30.4 Å². The molecule has 4 atom stereocenters. The third kappa shape index (κ3) is 4.55. The first-order chi connectivity index (χ1) is 9.95. The van der Waals surface area contributed by atoms with Gasteiger partial charge in [0, 0.05) is 5.56 Å². The standard InChI is InChI=1S/C13H19NO6S2.Na.H/c1-10-13(22(18,19)20)12(21(15,16)17)9-14(10,2)8-11-6-4-3-5-7-11;;/h3-7,10,12-13H,8-9H2,1-2H3,(H-,15,16,17,18,19,20);;/p+1. The zero-order valence-corrected chi connectivity index (χ0v) is 14.0. The van der Waals surface area contributed by atoms with Crippen molar-refractivity contribution in [3.63, 3.8) is 0 Å². The van der Waals surface area contributed by atoms with Crippen LogP contribution in [0.1, 0.15) is 12.5 Å². The number of hydrogen-bond donors (Lipinski definition) is 2. The molecule has 0 amide bonds. The zero-order chi connectivity index (χ0) is 16.8. The van der Waals surface area contributed by atoms with Gasteiger partial charge in [-0.3, -0.25) is 9.11 Å². The van der Waals surface area contributed by atoms with E-state index in [2.05, 4.69) is 0 Å². The van der Waals surface area contributed by atoms with E-state index in [0.717, 1.165) is 5.56 Å². The predicted molar refractivity (Wildman–Crippen MR) is 88.5 cm³/mol. The number of benzene rings is 1. The summed E-state index contributed by atoms with van der Waals surface area (Å²) in [6, 6.07) is 8.56. The normalized spacial score (nSPS) is 31.6. The predicted octanol–water partition coefficient (Wildman–Crippen LogP) is -0.100. The van der Waals surface area contributed by atoms with Crippen molar-refractivity contribution in [2.24, 2.45) is 0 Å². The summed E-state index contributed by atoms with van der Waals surface area (Å²) in [5, 5.41) is -3.08. The van der Waals surface area contributed by atoms with Crippen molar-refractivity contribution in [2.45, 2.75) is 30.0 Å². The summed E-state index contributed by atoms with van der Waals surface area (Å²) in [5.41, 5.74) is 0.918. The van der Waals surface area contributed by atoms with Crippen LogP contribution in [0.5, 0.6) is 0 Å². The van der Waals surface area contributed by atoms with E-state index in [-0.39, 0.29) is 40.6 Å². The van der Waals surface area contributed by atoms with Crippen molar-refractivity contribution in [3.8, 4) is 0 Å². The maximum atomic E-state index is 11.6. The second kappa shape index (κ2) is 7.09. The van der Waals surface area contributed by atoms with Gasteiger partial charge >= 0.3 is 29.6 Å². The topological polar surface area (TPSA) is 109 Å². The van der Waals surface area contributed by atoms with Crippen molar-refractivity contribution >= 4 is 49.8 Å². The van der Waals surface area contributed by atoms with Crippen LogP contribution in [0, 0.1) is 0 Å². The van der Waals surface area contributed by atoms with Crippen LogP contribution in [-0.2, 0) is 26.8 Å². The van der Waals surface area contributed by atoms with Gasteiger partial charge in [-0.25, -0.2) is 0 Å². The van der Waals surface area contributed by atoms with Gasteiger partial charge < -0.3 is 4.48 Å². The average molecular weight is 374 g/mol. The molecule has 1 aliphatic rings. The molecule has 4 unspecified atom stereocenters. The van der Waals surface area contributed by atoms with Crippen LogP contribution in [0.15, 0.2) is 30.3 Å². The van der Waals surface area contributed by atoms with Crippen LogP contribution in [0.2, 0.25) is 0 Å². The quantitative estimate of drug-likeness (QED) is 0.433. The Balaban J connectivity index is 0.00000264. The Morgan fingerprint density at radius 2 is 1.61 bits per heavy atom. The molecule has 7 nitrogen and oxygen atoms in total. The summed E-state index contributed by atoms with van der Waals surface area (Å²) in [4.78, 5) is 0. The minimum atomic E-state index is -4.60. The van der Waals surface area contributed by atoms with Gasteiger partial charge in [0.15, 0.2) is 10.5 Å². The molecule has 1 heterocycles. The Hall–Kier alpha value is 0. The van der Waals surface area contributed by atoms with Gasteiger partial charge in [-0.2, -0.15) is 16.8 Å². The van der Waals surface area contributed by atoms with Crippen molar-refractivity contribution in [3.05, 3.63) is 35.9 Å². The van der Waals surface area contributed by atoms with E-state index >= 15 is 0 Å². The molecule has 1 aromatic rings. The fraction of sp³-hybridized carbons (Fsp3) is 0.538. The summed E-state index contributed by atoms with van der Waals surface area (Å²) in [7, 11) is -7.46. The molecule has 1 aliphatic heterocycles. The first-order valence-corrected chi connectivity index (χ1v) is 9.76. The Kier molecular flexibility index (Phi) is 6.48. The van der Waals surface area contributed by atoms with Gasteiger partial charge in [0.2, 0.25) is 0 Å². The van der Waals surface area contributed by atoms with Crippen molar-refractivity contribution in [1.82, 2.24) is 0 Å². The molecule has 0 spiro atoms. The third-order valence-electron chi connectivity index (χ3n) is 4.54. The Morgan fingerprint density at radius 1 is 1.09 bits per heavy atom. The van der Waals surface area contributed by atoms with E-state index in [4.69, 9.17) is 0 Å². The number of quaternary nitrogens is 1. The van der Waals surface area contributed by atoms with Gasteiger partial charge in [0.05, 0.1) is 7.05 Å². The molecule has 1 fully saturated rings. The molecule has 0 aliphatic carbocycles. The van der Waals surface area contributed by atoms with E-state index in [1.807, 2.05) is 30.3 Å². The van der Waals surface area contributed by atoms with Gasteiger partial charge in [-0.15, -0.1) is 0 Å². The second-order valence-electron chi connectivity index (χ2n) is 6.08. The Labute approximate surface area is 159 Å². The van der Waals surface area contributed by atoms with E-state index in [0.29, 0.717) is 6.54 Å². The number of hydrogen-bond acceptors (Lipinski definition) is 4. The molecule has 2 rings (SSSR count). The summed E-state index contributed by atoms with van der Waals surface area (Å²) >= 11 is 0. The van der Waals surface area contributed by atoms with Gasteiger partial charge in [0.1, 0.15) is 19.1 Å². The van der Waals surface area contributed by atoms with Crippen LogP contribution in [0.3, 0.4) is 0 Å². The number of likely N-dealkylation sites (tertiary alicyclic amines) is 1. The molecule has 1 aromatic carbocycles. The first-order valence-electron chi connectivity index (χ1n) is 6.76. The monoisotopic (exact) mass is 374 g/mol. The second-order valence-corrected chi connectivity index (χ2v) is 9.29. The van der Waals surface area contributed by atoms with E-state index in [9.17, 15) is 25.9 Å². The van der Waals surface area contributed by atoms with Crippen LogP contribution in [-0.4, -0.2) is 90.1 Å². The van der Waals surface area contributed by atoms with Crippen LogP contribution < -0.4 is 0 Å². The molecule has 0 radical (unpaired) electrons. The SMILES string of the molecule is CC1C(S(=O)(=O)O)C(S(=O)(=O)O)C[N+]1(C)Cc1ccccc1.[NaH]. The number of nitrogens with zero attached hydrogens (tertiary/aromatic N) is 1. The molecule has 0 bridgehead atoms. The molecule has 1 saturated heterocycles. The summed E-state index contributed by atoms with van der Waals surface area (Å²) < 4.78 is 65.2. The van der Waals surface area contributed by atoms with Gasteiger partial charge in [-0.1, -0.05) is 30.3 Å². The summed E-state index contributed by atoms with van der Waals surface area (Å²) in [6.07, 6.45) is 0. The number of rotatable bonds is 4. The van der Waals surface area contributed by atoms with Gasteiger partial charge in [-0.05, 0) is 6.92 Å². The molecule has 10 heteroatoms. The van der Waals surface area contributed by atoms with Crippen LogP contribution >= 0.6 is 0 Å². The van der Waals surface area contributed by atoms with E-state index < -0.39 is 36.8 Å². The van der Waals surface area contributed by atoms with E-state index in [1.54, 1.807) is 14.0 Å². The fourth-order valence-corrected chi connectivity index (χ4v) is 6.46. The Morgan fingerprint density at radius 3 is 2.00 bits per heavy atom. The van der Waals surface area contributed by atoms with Crippen molar-refractivity contribution in [2.75, 3.05) is 13.6 Å². The molecule has 126 valence electrons. The molecule has 2 N–H and O–H groups in total. The third-order valence-corrected chi connectivity index (χ3v) is 7.33. The molecule has 23 heavy (non-hydrogen) atoms. The summed E-state index contributed by atoms with van der Waals surface area (Å²) in [5.74, 6) is 0. The maximum absolute atomic E-state index is 11.6.